The second-order valence-corrected chi connectivity index (χ2v) is 5.20. The summed E-state index contributed by atoms with van der Waals surface area (Å²) in [6.45, 7) is 12.9. The normalized spacial score (nSPS) is 11.6. The van der Waals surface area contributed by atoms with Crippen LogP contribution in [0.15, 0.2) is 12.7 Å². The van der Waals surface area contributed by atoms with Crippen molar-refractivity contribution < 1.29 is 0 Å². The Hall–Kier alpha value is -0.300. The van der Waals surface area contributed by atoms with Gasteiger partial charge in [0.25, 0.3) is 0 Å². The highest BCUT2D eigenvalue weighted by Crippen LogP contribution is 2.16. The summed E-state index contributed by atoms with van der Waals surface area (Å²) < 4.78 is 0. The van der Waals surface area contributed by atoms with E-state index >= 15 is 0 Å². The quantitative estimate of drug-likeness (QED) is 0.461. The van der Waals surface area contributed by atoms with Gasteiger partial charge in [-0.25, -0.2) is 0 Å². The average Bonchev–Trinajstić information content (AvgIpc) is 2.08. The lowest BCUT2D eigenvalue weighted by Crippen LogP contribution is -2.21. The van der Waals surface area contributed by atoms with Crippen LogP contribution in [-0.2, 0) is 0 Å². The predicted octanol–water partition coefficient (Wildman–Crippen LogP) is 3.76. The van der Waals surface area contributed by atoms with E-state index in [0.29, 0.717) is 5.41 Å². The molecule has 0 saturated carbocycles. The van der Waals surface area contributed by atoms with Gasteiger partial charge in [-0.3, -0.25) is 0 Å². The lowest BCUT2D eigenvalue weighted by Gasteiger charge is -2.17. The molecule has 0 aromatic heterocycles. The van der Waals surface area contributed by atoms with Gasteiger partial charge in [0, 0.05) is 0 Å². The highest BCUT2D eigenvalue weighted by atomic mass is 14.8. The zero-order chi connectivity index (χ0) is 10.9. The van der Waals surface area contributed by atoms with Crippen LogP contribution in [0, 0.1) is 5.41 Å². The number of allylic oxidation sites excluding steroid dienone is 1. The molecule has 0 heterocycles. The Morgan fingerprint density at radius 3 is 2.36 bits per heavy atom. The fraction of sp³-hybridized carbons (Fsp3) is 0.846. The summed E-state index contributed by atoms with van der Waals surface area (Å²) in [7, 11) is 0. The Labute approximate surface area is 90.0 Å². The van der Waals surface area contributed by atoms with Crippen LogP contribution in [0.2, 0.25) is 0 Å². The summed E-state index contributed by atoms with van der Waals surface area (Å²) in [5.74, 6) is 0. The van der Waals surface area contributed by atoms with Gasteiger partial charge in [-0.1, -0.05) is 33.3 Å². The number of unbranched alkanes of at least 4 members (excludes halogenated alkanes) is 3. The Morgan fingerprint density at radius 1 is 1.07 bits per heavy atom. The Bertz CT molecular complexity index is 133. The van der Waals surface area contributed by atoms with Gasteiger partial charge in [-0.05, 0) is 44.2 Å². The molecule has 0 atom stereocenters. The molecule has 0 aliphatic heterocycles. The highest BCUT2D eigenvalue weighted by Gasteiger charge is 2.08. The second kappa shape index (κ2) is 8.05. The van der Waals surface area contributed by atoms with Crippen LogP contribution in [0.3, 0.4) is 0 Å². The molecule has 0 saturated heterocycles. The Kier molecular flexibility index (Phi) is 7.87. The SMILES string of the molecule is C=CCCCCCNCCC(C)(C)C. The molecule has 0 radical (unpaired) electrons. The van der Waals surface area contributed by atoms with Crippen LogP contribution >= 0.6 is 0 Å². The monoisotopic (exact) mass is 197 g/mol. The highest BCUT2D eigenvalue weighted by molar-refractivity contribution is 4.66. The summed E-state index contributed by atoms with van der Waals surface area (Å²) in [5, 5.41) is 3.49. The third-order valence-corrected chi connectivity index (χ3v) is 2.31. The number of hydrogen-bond donors (Lipinski definition) is 1. The van der Waals surface area contributed by atoms with Crippen LogP contribution in [0.5, 0.6) is 0 Å². The zero-order valence-electron chi connectivity index (χ0n) is 10.2. The van der Waals surface area contributed by atoms with Gasteiger partial charge < -0.3 is 5.32 Å². The van der Waals surface area contributed by atoms with Crippen LogP contribution in [0.1, 0.15) is 52.9 Å². The van der Waals surface area contributed by atoms with Gasteiger partial charge in [0.1, 0.15) is 0 Å². The summed E-state index contributed by atoms with van der Waals surface area (Å²) in [6, 6.07) is 0. The van der Waals surface area contributed by atoms with E-state index in [1.165, 1.54) is 38.6 Å². The first-order chi connectivity index (χ1) is 6.56. The molecule has 0 unspecified atom stereocenters. The van der Waals surface area contributed by atoms with Gasteiger partial charge in [-0.15, -0.1) is 6.58 Å². The topological polar surface area (TPSA) is 12.0 Å². The molecule has 1 N–H and O–H groups in total. The number of hydrogen-bond acceptors (Lipinski definition) is 1. The van der Waals surface area contributed by atoms with E-state index in [1.54, 1.807) is 0 Å². The van der Waals surface area contributed by atoms with E-state index in [-0.39, 0.29) is 0 Å². The standard InChI is InChI=1S/C13H27N/c1-5-6-7-8-9-11-14-12-10-13(2,3)4/h5,14H,1,6-12H2,2-4H3. The van der Waals surface area contributed by atoms with Crippen LogP contribution in [0.25, 0.3) is 0 Å². The third-order valence-electron chi connectivity index (χ3n) is 2.31. The van der Waals surface area contributed by atoms with Crippen molar-refractivity contribution in [1.29, 1.82) is 0 Å². The summed E-state index contributed by atoms with van der Waals surface area (Å²) in [5.41, 5.74) is 0.468. The average molecular weight is 197 g/mol. The van der Waals surface area contributed by atoms with E-state index in [1.807, 2.05) is 6.08 Å². The van der Waals surface area contributed by atoms with Gasteiger partial charge in [0.15, 0.2) is 0 Å². The first-order valence-electron chi connectivity index (χ1n) is 5.88. The minimum Gasteiger partial charge on any atom is -0.317 e. The van der Waals surface area contributed by atoms with E-state index < -0.39 is 0 Å². The van der Waals surface area contributed by atoms with Gasteiger partial charge in [0.05, 0.1) is 0 Å². The summed E-state index contributed by atoms with van der Waals surface area (Å²) >= 11 is 0. The smallest absolute Gasteiger partial charge is 0.00439 e. The molecular weight excluding hydrogens is 170 g/mol. The van der Waals surface area contributed by atoms with Crippen LogP contribution in [-0.4, -0.2) is 13.1 Å². The van der Waals surface area contributed by atoms with E-state index in [9.17, 15) is 0 Å². The van der Waals surface area contributed by atoms with Crippen molar-refractivity contribution in [1.82, 2.24) is 5.32 Å². The number of rotatable bonds is 8. The third kappa shape index (κ3) is 11.7. The molecule has 0 aromatic rings. The van der Waals surface area contributed by atoms with E-state index in [0.717, 1.165) is 6.54 Å². The molecule has 0 bridgehead atoms. The van der Waals surface area contributed by atoms with Gasteiger partial charge in [0.2, 0.25) is 0 Å². The predicted molar refractivity (Wildman–Crippen MR) is 65.6 cm³/mol. The van der Waals surface area contributed by atoms with Crippen molar-refractivity contribution in [2.24, 2.45) is 5.41 Å². The van der Waals surface area contributed by atoms with Crippen molar-refractivity contribution in [3.8, 4) is 0 Å². The fourth-order valence-corrected chi connectivity index (χ4v) is 1.30. The maximum absolute atomic E-state index is 3.72. The maximum atomic E-state index is 3.72. The second-order valence-electron chi connectivity index (χ2n) is 5.20. The summed E-state index contributed by atoms with van der Waals surface area (Å²) in [6.07, 6.45) is 8.37. The van der Waals surface area contributed by atoms with Crippen molar-refractivity contribution in [2.45, 2.75) is 52.9 Å². The van der Waals surface area contributed by atoms with Crippen molar-refractivity contribution in [2.75, 3.05) is 13.1 Å². The molecule has 0 spiro atoms. The minimum absolute atomic E-state index is 0.468. The first-order valence-corrected chi connectivity index (χ1v) is 5.88. The molecule has 0 rings (SSSR count). The molecule has 1 nitrogen and oxygen atoms in total. The fourth-order valence-electron chi connectivity index (χ4n) is 1.30. The van der Waals surface area contributed by atoms with E-state index in [2.05, 4.69) is 32.7 Å². The van der Waals surface area contributed by atoms with Gasteiger partial charge in [-0.2, -0.15) is 0 Å². The van der Waals surface area contributed by atoms with Crippen molar-refractivity contribution in [3.63, 3.8) is 0 Å². The zero-order valence-corrected chi connectivity index (χ0v) is 10.2. The maximum Gasteiger partial charge on any atom is -0.00439 e. The molecule has 1 heteroatoms. The molecule has 84 valence electrons. The molecule has 0 aliphatic rings. The minimum atomic E-state index is 0.468. The number of nitrogens with one attached hydrogen (secondary N) is 1. The molecule has 0 amide bonds. The van der Waals surface area contributed by atoms with Crippen molar-refractivity contribution >= 4 is 0 Å². The lowest BCUT2D eigenvalue weighted by molar-refractivity contribution is 0.366. The lowest BCUT2D eigenvalue weighted by atomic mass is 9.92. The molecule has 0 aliphatic carbocycles. The molecule has 0 aromatic carbocycles. The largest absolute Gasteiger partial charge is 0.317 e. The molecule has 0 fully saturated rings. The first kappa shape index (κ1) is 13.7. The summed E-state index contributed by atoms with van der Waals surface area (Å²) in [4.78, 5) is 0. The van der Waals surface area contributed by atoms with Gasteiger partial charge >= 0.3 is 0 Å². The molecular formula is C13H27N. The molecule has 14 heavy (non-hydrogen) atoms. The Balaban J connectivity index is 3.03. The van der Waals surface area contributed by atoms with E-state index in [4.69, 9.17) is 0 Å². The van der Waals surface area contributed by atoms with Crippen LogP contribution < -0.4 is 5.32 Å². The van der Waals surface area contributed by atoms with Crippen molar-refractivity contribution in [3.05, 3.63) is 12.7 Å². The van der Waals surface area contributed by atoms with Crippen LogP contribution in [0.4, 0.5) is 0 Å². The Morgan fingerprint density at radius 2 is 1.79 bits per heavy atom.